The van der Waals surface area contributed by atoms with Crippen LogP contribution in [0.5, 0.6) is 0 Å². The Kier molecular flexibility index (Phi) is 4.30. The lowest BCUT2D eigenvalue weighted by molar-refractivity contribution is 0.455. The number of nitrogens with two attached hydrogens (primary N) is 1. The maximum absolute atomic E-state index is 12.2. The van der Waals surface area contributed by atoms with Gasteiger partial charge in [0.1, 0.15) is 0 Å². The van der Waals surface area contributed by atoms with E-state index in [0.29, 0.717) is 15.8 Å². The Morgan fingerprint density at radius 2 is 1.78 bits per heavy atom. The standard InChI is InChI=1S/C13H18ClNO2S/c14-11-5-7-12(8-6-11)18(16,17)9-13(15)10-3-1-2-4-10/h5-8,10,13H,1-4,9,15H2. The summed E-state index contributed by atoms with van der Waals surface area (Å²) in [5, 5.41) is 0.536. The van der Waals surface area contributed by atoms with Crippen molar-refractivity contribution < 1.29 is 8.42 Å². The molecule has 0 radical (unpaired) electrons. The molecule has 3 nitrogen and oxygen atoms in total. The van der Waals surface area contributed by atoms with Gasteiger partial charge in [0.05, 0.1) is 10.6 Å². The highest BCUT2D eigenvalue weighted by atomic mass is 35.5. The summed E-state index contributed by atoms with van der Waals surface area (Å²) < 4.78 is 24.4. The van der Waals surface area contributed by atoms with Crippen LogP contribution in [0.1, 0.15) is 25.7 Å². The Labute approximate surface area is 113 Å². The molecule has 1 aromatic rings. The summed E-state index contributed by atoms with van der Waals surface area (Å²) in [5.74, 6) is 0.381. The lowest BCUT2D eigenvalue weighted by Gasteiger charge is -2.18. The molecule has 18 heavy (non-hydrogen) atoms. The van der Waals surface area contributed by atoms with Crippen LogP contribution in [0, 0.1) is 5.92 Å². The number of halogens is 1. The van der Waals surface area contributed by atoms with E-state index in [0.717, 1.165) is 12.8 Å². The van der Waals surface area contributed by atoms with Gasteiger partial charge < -0.3 is 5.73 Å². The molecule has 0 spiro atoms. The first-order chi connectivity index (χ1) is 8.49. The first-order valence-corrected chi connectivity index (χ1v) is 8.26. The maximum Gasteiger partial charge on any atom is 0.179 e. The molecule has 2 N–H and O–H groups in total. The van der Waals surface area contributed by atoms with Crippen LogP contribution in [0.2, 0.25) is 5.02 Å². The summed E-state index contributed by atoms with van der Waals surface area (Å²) >= 11 is 5.75. The normalized spacial score (nSPS) is 19.0. The number of hydrogen-bond donors (Lipinski definition) is 1. The van der Waals surface area contributed by atoms with Crippen LogP contribution in [0.15, 0.2) is 29.2 Å². The van der Waals surface area contributed by atoms with Gasteiger partial charge in [0.25, 0.3) is 0 Å². The quantitative estimate of drug-likeness (QED) is 0.926. The number of sulfone groups is 1. The van der Waals surface area contributed by atoms with Crippen molar-refractivity contribution in [2.75, 3.05) is 5.75 Å². The third kappa shape index (κ3) is 3.25. The molecule has 100 valence electrons. The average molecular weight is 288 g/mol. The molecule has 0 bridgehead atoms. The number of rotatable bonds is 4. The van der Waals surface area contributed by atoms with Gasteiger partial charge in [-0.3, -0.25) is 0 Å². The van der Waals surface area contributed by atoms with E-state index >= 15 is 0 Å². The smallest absolute Gasteiger partial charge is 0.179 e. The lowest BCUT2D eigenvalue weighted by Crippen LogP contribution is -2.35. The third-order valence-electron chi connectivity index (χ3n) is 3.59. The first-order valence-electron chi connectivity index (χ1n) is 6.23. The van der Waals surface area contributed by atoms with E-state index in [1.807, 2.05) is 0 Å². The number of hydrogen-bond acceptors (Lipinski definition) is 3. The molecule has 1 atom stereocenters. The second-order valence-electron chi connectivity index (χ2n) is 4.94. The van der Waals surface area contributed by atoms with Crippen LogP contribution in [0.3, 0.4) is 0 Å². The minimum absolute atomic E-state index is 0.0271. The molecule has 0 aromatic heterocycles. The third-order valence-corrected chi connectivity index (χ3v) is 5.66. The van der Waals surface area contributed by atoms with E-state index < -0.39 is 9.84 Å². The van der Waals surface area contributed by atoms with E-state index in [2.05, 4.69) is 0 Å². The largest absolute Gasteiger partial charge is 0.327 e. The lowest BCUT2D eigenvalue weighted by atomic mass is 10.0. The average Bonchev–Trinajstić information content (AvgIpc) is 2.82. The zero-order valence-corrected chi connectivity index (χ0v) is 11.8. The van der Waals surface area contributed by atoms with Gasteiger partial charge in [0.15, 0.2) is 9.84 Å². The summed E-state index contributed by atoms with van der Waals surface area (Å²) in [6.07, 6.45) is 4.44. The molecule has 5 heteroatoms. The Morgan fingerprint density at radius 3 is 2.33 bits per heavy atom. The van der Waals surface area contributed by atoms with Crippen molar-refractivity contribution in [2.45, 2.75) is 36.6 Å². The summed E-state index contributed by atoms with van der Waals surface area (Å²) in [4.78, 5) is 0.306. The highest BCUT2D eigenvalue weighted by Crippen LogP contribution is 2.28. The molecule has 1 unspecified atom stereocenters. The first kappa shape index (κ1) is 13.8. The van der Waals surface area contributed by atoms with Gasteiger partial charge in [-0.05, 0) is 43.0 Å². The molecule has 1 aliphatic carbocycles. The second kappa shape index (κ2) is 5.59. The van der Waals surface area contributed by atoms with Crippen LogP contribution >= 0.6 is 11.6 Å². The fourth-order valence-electron chi connectivity index (χ4n) is 2.51. The van der Waals surface area contributed by atoms with E-state index in [9.17, 15) is 8.42 Å². The van der Waals surface area contributed by atoms with Gasteiger partial charge in [-0.25, -0.2) is 8.42 Å². The molecule has 0 amide bonds. The van der Waals surface area contributed by atoms with Crippen LogP contribution in [0.25, 0.3) is 0 Å². The Balaban J connectivity index is 2.09. The topological polar surface area (TPSA) is 60.2 Å². The zero-order valence-electron chi connectivity index (χ0n) is 10.2. The van der Waals surface area contributed by atoms with E-state index in [4.69, 9.17) is 17.3 Å². The van der Waals surface area contributed by atoms with Gasteiger partial charge >= 0.3 is 0 Å². The van der Waals surface area contributed by atoms with Crippen LogP contribution < -0.4 is 5.73 Å². The summed E-state index contributed by atoms with van der Waals surface area (Å²) in [6, 6.07) is 6.01. The van der Waals surface area contributed by atoms with Gasteiger partial charge in [-0.2, -0.15) is 0 Å². The molecule has 1 fully saturated rings. The van der Waals surface area contributed by atoms with Gasteiger partial charge in [0, 0.05) is 11.1 Å². The molecular weight excluding hydrogens is 270 g/mol. The highest BCUT2D eigenvalue weighted by Gasteiger charge is 2.27. The molecule has 0 saturated heterocycles. The Bertz CT molecular complexity index is 492. The fraction of sp³-hybridized carbons (Fsp3) is 0.538. The Morgan fingerprint density at radius 1 is 1.22 bits per heavy atom. The summed E-state index contributed by atoms with van der Waals surface area (Å²) in [7, 11) is -3.30. The monoisotopic (exact) mass is 287 g/mol. The zero-order chi connectivity index (χ0) is 13.2. The van der Waals surface area contributed by atoms with Crippen molar-refractivity contribution in [1.29, 1.82) is 0 Å². The van der Waals surface area contributed by atoms with Crippen molar-refractivity contribution >= 4 is 21.4 Å². The van der Waals surface area contributed by atoms with Crippen LogP contribution in [0.4, 0.5) is 0 Å². The van der Waals surface area contributed by atoms with Gasteiger partial charge in [-0.1, -0.05) is 24.4 Å². The van der Waals surface area contributed by atoms with Crippen molar-refractivity contribution in [2.24, 2.45) is 11.7 Å². The predicted molar refractivity (Wildman–Crippen MR) is 73.4 cm³/mol. The van der Waals surface area contributed by atoms with Gasteiger partial charge in [-0.15, -0.1) is 0 Å². The van der Waals surface area contributed by atoms with E-state index in [1.165, 1.54) is 12.8 Å². The minimum atomic E-state index is -3.30. The molecule has 0 aliphatic heterocycles. The molecule has 1 aliphatic rings. The van der Waals surface area contributed by atoms with Crippen LogP contribution in [-0.2, 0) is 9.84 Å². The SMILES string of the molecule is NC(CS(=O)(=O)c1ccc(Cl)cc1)C1CCCC1. The summed E-state index contributed by atoms with van der Waals surface area (Å²) in [5.41, 5.74) is 6.03. The van der Waals surface area contributed by atoms with Crippen molar-refractivity contribution in [1.82, 2.24) is 0 Å². The van der Waals surface area contributed by atoms with Crippen molar-refractivity contribution in [3.8, 4) is 0 Å². The fourth-order valence-corrected chi connectivity index (χ4v) is 4.16. The number of benzene rings is 1. The highest BCUT2D eigenvalue weighted by molar-refractivity contribution is 7.91. The summed E-state index contributed by atoms with van der Waals surface area (Å²) in [6.45, 7) is 0. The molecule has 0 heterocycles. The minimum Gasteiger partial charge on any atom is -0.327 e. The molecule has 1 saturated carbocycles. The van der Waals surface area contributed by atoms with E-state index in [-0.39, 0.29) is 11.8 Å². The molecule has 2 rings (SSSR count). The van der Waals surface area contributed by atoms with Gasteiger partial charge in [0.2, 0.25) is 0 Å². The maximum atomic E-state index is 12.2. The predicted octanol–water partition coefficient (Wildman–Crippen LogP) is 2.63. The van der Waals surface area contributed by atoms with E-state index in [1.54, 1.807) is 24.3 Å². The van der Waals surface area contributed by atoms with Crippen LogP contribution in [-0.4, -0.2) is 20.2 Å². The molecular formula is C13H18ClNO2S. The van der Waals surface area contributed by atoms with Crippen molar-refractivity contribution in [3.05, 3.63) is 29.3 Å². The van der Waals surface area contributed by atoms with Crippen molar-refractivity contribution in [3.63, 3.8) is 0 Å². The second-order valence-corrected chi connectivity index (χ2v) is 7.41. The Hall–Kier alpha value is -0.580. The molecule has 1 aromatic carbocycles.